The molecule has 0 saturated heterocycles. The first-order valence-corrected chi connectivity index (χ1v) is 11.4. The first kappa shape index (κ1) is 21.3. The Bertz CT molecular complexity index is 381. The Morgan fingerprint density at radius 3 is 1.88 bits per heavy atom. The minimum atomic E-state index is -2.53. The normalized spacial score (nSPS) is 11.8. The Hall–Kier alpha value is -0.723. The average Bonchev–Trinajstić information content (AvgIpc) is 2.63. The standard InChI is InChI=1S/C19H35NO3Si/c1-4-14-21-24(22-15-5-2,23-16-6-3)17-10-13-20-18-19-11-8-7-9-12-19/h7-9,11-12,20H,4-6,10,13-18H2,1-3H3. The van der Waals surface area contributed by atoms with Gasteiger partial charge < -0.3 is 18.6 Å². The van der Waals surface area contributed by atoms with E-state index >= 15 is 0 Å². The summed E-state index contributed by atoms with van der Waals surface area (Å²) in [5.41, 5.74) is 1.31. The molecule has 0 bridgehead atoms. The van der Waals surface area contributed by atoms with Crippen molar-refractivity contribution in [2.75, 3.05) is 26.4 Å². The average molecular weight is 354 g/mol. The molecule has 0 unspecified atom stereocenters. The van der Waals surface area contributed by atoms with E-state index in [0.29, 0.717) is 0 Å². The van der Waals surface area contributed by atoms with E-state index in [1.165, 1.54) is 5.56 Å². The summed E-state index contributed by atoms with van der Waals surface area (Å²) in [6.07, 6.45) is 3.99. The van der Waals surface area contributed by atoms with Crippen LogP contribution in [0.2, 0.25) is 6.04 Å². The summed E-state index contributed by atoms with van der Waals surface area (Å²) in [4.78, 5) is 0. The van der Waals surface area contributed by atoms with Gasteiger partial charge in [-0.1, -0.05) is 51.1 Å². The second-order valence-electron chi connectivity index (χ2n) is 5.99. The molecule has 1 N–H and O–H groups in total. The fourth-order valence-corrected chi connectivity index (χ4v) is 5.21. The highest BCUT2D eigenvalue weighted by Crippen LogP contribution is 2.19. The van der Waals surface area contributed by atoms with Crippen LogP contribution in [-0.2, 0) is 19.8 Å². The maximum Gasteiger partial charge on any atom is 0.501 e. The van der Waals surface area contributed by atoms with Crippen molar-refractivity contribution in [2.24, 2.45) is 0 Å². The summed E-state index contributed by atoms with van der Waals surface area (Å²) in [6.45, 7) is 10.4. The zero-order chi connectivity index (χ0) is 17.5. The van der Waals surface area contributed by atoms with Gasteiger partial charge in [0.25, 0.3) is 0 Å². The monoisotopic (exact) mass is 353 g/mol. The Morgan fingerprint density at radius 2 is 1.38 bits per heavy atom. The van der Waals surface area contributed by atoms with E-state index in [9.17, 15) is 0 Å². The number of hydrogen-bond donors (Lipinski definition) is 1. The van der Waals surface area contributed by atoms with Crippen molar-refractivity contribution in [3.8, 4) is 0 Å². The van der Waals surface area contributed by atoms with Crippen molar-refractivity contribution in [1.29, 1.82) is 0 Å². The zero-order valence-electron chi connectivity index (χ0n) is 15.7. The van der Waals surface area contributed by atoms with Crippen molar-refractivity contribution < 1.29 is 13.3 Å². The predicted molar refractivity (Wildman–Crippen MR) is 102 cm³/mol. The van der Waals surface area contributed by atoms with Gasteiger partial charge in [-0.05, 0) is 37.8 Å². The topological polar surface area (TPSA) is 39.7 Å². The van der Waals surface area contributed by atoms with Crippen molar-refractivity contribution in [3.63, 3.8) is 0 Å². The third-order valence-corrected chi connectivity index (χ3v) is 6.48. The molecule has 0 aliphatic carbocycles. The Balaban J connectivity index is 2.42. The highest BCUT2D eigenvalue weighted by molar-refractivity contribution is 6.60. The fourth-order valence-electron chi connectivity index (χ4n) is 2.37. The molecule has 0 radical (unpaired) electrons. The van der Waals surface area contributed by atoms with Crippen molar-refractivity contribution in [1.82, 2.24) is 5.32 Å². The van der Waals surface area contributed by atoms with Crippen LogP contribution in [0, 0.1) is 0 Å². The minimum Gasteiger partial charge on any atom is -0.373 e. The molecule has 0 aromatic heterocycles. The van der Waals surface area contributed by atoms with Gasteiger partial charge in [0.05, 0.1) is 0 Å². The van der Waals surface area contributed by atoms with Gasteiger partial charge in [0.15, 0.2) is 0 Å². The number of hydrogen-bond acceptors (Lipinski definition) is 4. The molecule has 0 saturated carbocycles. The van der Waals surface area contributed by atoms with Crippen LogP contribution < -0.4 is 5.32 Å². The SMILES string of the molecule is CCCO[Si](CCCNCc1ccccc1)(OCCC)OCCC. The van der Waals surface area contributed by atoms with Gasteiger partial charge >= 0.3 is 8.80 Å². The van der Waals surface area contributed by atoms with E-state index in [-0.39, 0.29) is 0 Å². The molecule has 0 atom stereocenters. The van der Waals surface area contributed by atoms with Gasteiger partial charge in [0, 0.05) is 32.4 Å². The van der Waals surface area contributed by atoms with E-state index in [0.717, 1.165) is 64.6 Å². The molecule has 0 fully saturated rings. The lowest BCUT2D eigenvalue weighted by Crippen LogP contribution is -2.47. The molecule has 1 aromatic carbocycles. The molecule has 5 heteroatoms. The van der Waals surface area contributed by atoms with E-state index in [2.05, 4.69) is 50.4 Å². The van der Waals surface area contributed by atoms with Crippen LogP contribution in [0.25, 0.3) is 0 Å². The minimum absolute atomic E-state index is 0.719. The summed E-state index contributed by atoms with van der Waals surface area (Å²) in [5, 5.41) is 3.50. The molecule has 0 aliphatic rings. The molecule has 138 valence electrons. The fraction of sp³-hybridized carbons (Fsp3) is 0.684. The molecule has 0 aliphatic heterocycles. The molecule has 1 rings (SSSR count). The van der Waals surface area contributed by atoms with E-state index in [1.807, 2.05) is 6.07 Å². The summed E-state index contributed by atoms with van der Waals surface area (Å²) in [6, 6.07) is 11.4. The van der Waals surface area contributed by atoms with Crippen LogP contribution in [0.15, 0.2) is 30.3 Å². The summed E-state index contributed by atoms with van der Waals surface area (Å²) < 4.78 is 18.3. The van der Waals surface area contributed by atoms with Crippen LogP contribution in [0.3, 0.4) is 0 Å². The summed E-state index contributed by atoms with van der Waals surface area (Å²) >= 11 is 0. The summed E-state index contributed by atoms with van der Waals surface area (Å²) in [7, 11) is -2.53. The van der Waals surface area contributed by atoms with Crippen LogP contribution in [0.1, 0.15) is 52.0 Å². The highest BCUT2D eigenvalue weighted by Gasteiger charge is 2.40. The highest BCUT2D eigenvalue weighted by atomic mass is 28.4. The third-order valence-electron chi connectivity index (χ3n) is 3.59. The first-order chi connectivity index (χ1) is 11.8. The smallest absolute Gasteiger partial charge is 0.373 e. The predicted octanol–water partition coefficient (Wildman–Crippen LogP) is 4.39. The van der Waals surface area contributed by atoms with Gasteiger partial charge in [-0.2, -0.15) is 0 Å². The van der Waals surface area contributed by atoms with Crippen LogP contribution in [0.5, 0.6) is 0 Å². The van der Waals surface area contributed by atoms with Crippen LogP contribution >= 0.6 is 0 Å². The number of nitrogens with one attached hydrogen (secondary N) is 1. The van der Waals surface area contributed by atoms with E-state index in [4.69, 9.17) is 13.3 Å². The third kappa shape index (κ3) is 8.94. The molecular formula is C19H35NO3Si. The van der Waals surface area contributed by atoms with Gasteiger partial charge in [-0.25, -0.2) is 0 Å². The second kappa shape index (κ2) is 13.6. The second-order valence-corrected chi connectivity index (χ2v) is 8.73. The van der Waals surface area contributed by atoms with Gasteiger partial charge in [-0.15, -0.1) is 0 Å². The number of benzene rings is 1. The zero-order valence-corrected chi connectivity index (χ0v) is 16.7. The largest absolute Gasteiger partial charge is 0.501 e. The van der Waals surface area contributed by atoms with Gasteiger partial charge in [-0.3, -0.25) is 0 Å². The number of rotatable bonds is 15. The van der Waals surface area contributed by atoms with E-state index in [1.54, 1.807) is 0 Å². The lowest BCUT2D eigenvalue weighted by molar-refractivity contribution is 0.0588. The molecule has 24 heavy (non-hydrogen) atoms. The van der Waals surface area contributed by atoms with E-state index < -0.39 is 8.80 Å². The molecule has 1 aromatic rings. The Labute approximate surface area is 149 Å². The van der Waals surface area contributed by atoms with Crippen molar-refractivity contribution >= 4 is 8.80 Å². The lowest BCUT2D eigenvalue weighted by Gasteiger charge is -2.29. The quantitative estimate of drug-likeness (QED) is 0.375. The molecule has 0 amide bonds. The molecule has 0 spiro atoms. The van der Waals surface area contributed by atoms with Gasteiger partial charge in [0.2, 0.25) is 0 Å². The van der Waals surface area contributed by atoms with Crippen LogP contribution in [-0.4, -0.2) is 35.2 Å². The molecule has 0 heterocycles. The lowest BCUT2D eigenvalue weighted by atomic mass is 10.2. The summed E-state index contributed by atoms with van der Waals surface area (Å²) in [5.74, 6) is 0. The van der Waals surface area contributed by atoms with Crippen molar-refractivity contribution in [2.45, 2.75) is 59.0 Å². The first-order valence-electron chi connectivity index (χ1n) is 9.42. The maximum absolute atomic E-state index is 6.11. The van der Waals surface area contributed by atoms with Gasteiger partial charge in [0.1, 0.15) is 0 Å². The Morgan fingerprint density at radius 1 is 0.833 bits per heavy atom. The molecular weight excluding hydrogens is 318 g/mol. The maximum atomic E-state index is 6.11. The molecule has 4 nitrogen and oxygen atoms in total. The van der Waals surface area contributed by atoms with Crippen LogP contribution in [0.4, 0.5) is 0 Å². The Kier molecular flexibility index (Phi) is 12.0. The van der Waals surface area contributed by atoms with Crippen molar-refractivity contribution in [3.05, 3.63) is 35.9 Å².